The second-order valence-corrected chi connectivity index (χ2v) is 4.53. The number of hydrogen-bond acceptors (Lipinski definition) is 3. The van der Waals surface area contributed by atoms with Gasteiger partial charge >= 0.3 is 0 Å². The van der Waals surface area contributed by atoms with E-state index < -0.39 is 0 Å². The molecule has 2 rings (SSSR count). The van der Waals surface area contributed by atoms with Gasteiger partial charge in [-0.2, -0.15) is 0 Å². The third-order valence-electron chi connectivity index (χ3n) is 2.63. The van der Waals surface area contributed by atoms with Crippen molar-refractivity contribution in [3.63, 3.8) is 0 Å². The first-order chi connectivity index (χ1) is 9.78. The Kier molecular flexibility index (Phi) is 5.32. The van der Waals surface area contributed by atoms with Gasteiger partial charge in [0.25, 0.3) is 0 Å². The van der Waals surface area contributed by atoms with E-state index in [1.54, 1.807) is 12.4 Å². The van der Waals surface area contributed by atoms with Gasteiger partial charge in [0.2, 0.25) is 0 Å². The first-order valence-electron chi connectivity index (χ1n) is 6.44. The summed E-state index contributed by atoms with van der Waals surface area (Å²) in [5.74, 6) is 0.855. The minimum absolute atomic E-state index is 0.589. The van der Waals surface area contributed by atoms with E-state index in [9.17, 15) is 0 Å². The summed E-state index contributed by atoms with van der Waals surface area (Å²) in [5.41, 5.74) is 2.07. The molecule has 1 aromatic carbocycles. The van der Waals surface area contributed by atoms with Crippen molar-refractivity contribution in [2.75, 3.05) is 11.9 Å². The minimum atomic E-state index is 0.589. The fourth-order valence-corrected chi connectivity index (χ4v) is 1.85. The largest absolute Gasteiger partial charge is 0.494 e. The predicted octanol–water partition coefficient (Wildman–Crippen LogP) is 2.97. The second kappa shape index (κ2) is 7.45. The molecule has 2 aromatic rings. The summed E-state index contributed by atoms with van der Waals surface area (Å²) >= 11 is 5.25. The van der Waals surface area contributed by atoms with E-state index in [0.717, 1.165) is 17.0 Å². The fourth-order valence-electron chi connectivity index (χ4n) is 1.66. The quantitative estimate of drug-likeness (QED) is 0.828. The zero-order valence-corrected chi connectivity index (χ0v) is 12.1. The number of ether oxygens (including phenoxy) is 1. The van der Waals surface area contributed by atoms with E-state index in [2.05, 4.69) is 15.6 Å². The Balaban J connectivity index is 1.82. The van der Waals surface area contributed by atoms with Crippen LogP contribution >= 0.6 is 12.2 Å². The molecule has 0 saturated carbocycles. The molecular formula is C15H17N3OS. The molecule has 4 nitrogen and oxygen atoms in total. The smallest absolute Gasteiger partial charge is 0.171 e. The molecule has 20 heavy (non-hydrogen) atoms. The molecule has 0 aliphatic rings. The molecule has 104 valence electrons. The van der Waals surface area contributed by atoms with Crippen molar-refractivity contribution in [1.29, 1.82) is 0 Å². The number of nitrogens with zero attached hydrogens (tertiary/aromatic N) is 1. The van der Waals surface area contributed by atoms with Crippen LogP contribution in [0.4, 0.5) is 5.69 Å². The van der Waals surface area contributed by atoms with E-state index in [4.69, 9.17) is 17.0 Å². The molecule has 0 aliphatic carbocycles. The van der Waals surface area contributed by atoms with E-state index in [-0.39, 0.29) is 0 Å². The average Bonchev–Trinajstić information content (AvgIpc) is 2.49. The van der Waals surface area contributed by atoms with Gasteiger partial charge < -0.3 is 15.4 Å². The molecule has 0 unspecified atom stereocenters. The number of rotatable bonds is 5. The molecule has 0 fully saturated rings. The van der Waals surface area contributed by atoms with Gasteiger partial charge in [0.15, 0.2) is 5.11 Å². The Bertz CT molecular complexity index is 543. The van der Waals surface area contributed by atoms with Gasteiger partial charge in [0.1, 0.15) is 5.75 Å². The van der Waals surface area contributed by atoms with Gasteiger partial charge in [-0.05, 0) is 61.1 Å². The molecule has 0 aliphatic heterocycles. The van der Waals surface area contributed by atoms with Crippen LogP contribution in [0.2, 0.25) is 0 Å². The first-order valence-corrected chi connectivity index (χ1v) is 6.85. The van der Waals surface area contributed by atoms with Crippen molar-refractivity contribution < 1.29 is 4.74 Å². The molecule has 0 bridgehead atoms. The van der Waals surface area contributed by atoms with Crippen molar-refractivity contribution in [2.24, 2.45) is 0 Å². The highest BCUT2D eigenvalue weighted by molar-refractivity contribution is 7.80. The third kappa shape index (κ3) is 4.51. The fraction of sp³-hybridized carbons (Fsp3) is 0.200. The van der Waals surface area contributed by atoms with Crippen LogP contribution in [0.15, 0.2) is 48.8 Å². The molecule has 1 aromatic heterocycles. The Labute approximate surface area is 124 Å². The highest BCUT2D eigenvalue weighted by atomic mass is 32.1. The van der Waals surface area contributed by atoms with E-state index >= 15 is 0 Å². The van der Waals surface area contributed by atoms with Crippen molar-refractivity contribution in [2.45, 2.75) is 13.5 Å². The van der Waals surface area contributed by atoms with Gasteiger partial charge in [-0.25, -0.2) is 0 Å². The van der Waals surface area contributed by atoms with Crippen molar-refractivity contribution >= 4 is 23.0 Å². The van der Waals surface area contributed by atoms with Crippen molar-refractivity contribution in [3.8, 4) is 5.75 Å². The standard InChI is InChI=1S/C15H17N3OS/c1-2-19-14-5-3-13(4-6-14)18-15(20)17-11-12-7-9-16-10-8-12/h3-10H,2,11H2,1H3,(H2,17,18,20). The number of anilines is 1. The molecule has 0 spiro atoms. The van der Waals surface area contributed by atoms with Gasteiger partial charge in [-0.15, -0.1) is 0 Å². The summed E-state index contributed by atoms with van der Waals surface area (Å²) in [7, 11) is 0. The summed E-state index contributed by atoms with van der Waals surface area (Å²) in [6.07, 6.45) is 3.53. The van der Waals surface area contributed by atoms with Gasteiger partial charge in [-0.3, -0.25) is 4.98 Å². The van der Waals surface area contributed by atoms with E-state index in [1.165, 1.54) is 0 Å². The zero-order valence-electron chi connectivity index (χ0n) is 11.3. The molecule has 0 atom stereocenters. The Morgan fingerprint density at radius 2 is 1.85 bits per heavy atom. The summed E-state index contributed by atoms with van der Waals surface area (Å²) in [5, 5.41) is 6.87. The van der Waals surface area contributed by atoms with Crippen LogP contribution in [0, 0.1) is 0 Å². The molecule has 0 saturated heterocycles. The summed E-state index contributed by atoms with van der Waals surface area (Å²) in [6, 6.07) is 11.6. The average molecular weight is 287 g/mol. The zero-order chi connectivity index (χ0) is 14.2. The monoisotopic (exact) mass is 287 g/mol. The number of hydrogen-bond donors (Lipinski definition) is 2. The Morgan fingerprint density at radius 1 is 1.15 bits per heavy atom. The van der Waals surface area contributed by atoms with Crippen LogP contribution in [0.3, 0.4) is 0 Å². The van der Waals surface area contributed by atoms with Gasteiger partial charge in [0.05, 0.1) is 6.61 Å². The van der Waals surface area contributed by atoms with Gasteiger partial charge in [0, 0.05) is 24.6 Å². The summed E-state index contributed by atoms with van der Waals surface area (Å²) in [4.78, 5) is 3.98. The van der Waals surface area contributed by atoms with Gasteiger partial charge in [-0.1, -0.05) is 0 Å². The predicted molar refractivity (Wildman–Crippen MR) is 84.9 cm³/mol. The van der Waals surface area contributed by atoms with Crippen LogP contribution in [-0.4, -0.2) is 16.7 Å². The first kappa shape index (κ1) is 14.3. The number of aromatic nitrogens is 1. The molecule has 0 amide bonds. The summed E-state index contributed by atoms with van der Waals surface area (Å²) < 4.78 is 5.39. The topological polar surface area (TPSA) is 46.2 Å². The lowest BCUT2D eigenvalue weighted by Gasteiger charge is -2.11. The van der Waals surface area contributed by atoms with Crippen LogP contribution in [0.5, 0.6) is 5.75 Å². The van der Waals surface area contributed by atoms with Crippen LogP contribution < -0.4 is 15.4 Å². The minimum Gasteiger partial charge on any atom is -0.494 e. The lowest BCUT2D eigenvalue weighted by molar-refractivity contribution is 0.340. The van der Waals surface area contributed by atoms with Crippen molar-refractivity contribution in [3.05, 3.63) is 54.4 Å². The van der Waals surface area contributed by atoms with Crippen LogP contribution in [0.25, 0.3) is 0 Å². The van der Waals surface area contributed by atoms with Crippen LogP contribution in [0.1, 0.15) is 12.5 Å². The highest BCUT2D eigenvalue weighted by Gasteiger charge is 1.99. The number of benzene rings is 1. The van der Waals surface area contributed by atoms with E-state index in [0.29, 0.717) is 18.3 Å². The maximum absolute atomic E-state index is 5.39. The number of thiocarbonyl (C=S) groups is 1. The summed E-state index contributed by atoms with van der Waals surface area (Å²) in [6.45, 7) is 3.30. The SMILES string of the molecule is CCOc1ccc(NC(=S)NCc2ccncc2)cc1. The third-order valence-corrected chi connectivity index (χ3v) is 2.87. The van der Waals surface area contributed by atoms with Crippen molar-refractivity contribution in [1.82, 2.24) is 10.3 Å². The molecule has 1 heterocycles. The molecule has 0 radical (unpaired) electrons. The second-order valence-electron chi connectivity index (χ2n) is 4.12. The number of pyridine rings is 1. The Morgan fingerprint density at radius 3 is 2.50 bits per heavy atom. The highest BCUT2D eigenvalue weighted by Crippen LogP contribution is 2.15. The molecular weight excluding hydrogens is 270 g/mol. The molecule has 5 heteroatoms. The van der Waals surface area contributed by atoms with E-state index in [1.807, 2.05) is 43.3 Å². The number of nitrogens with one attached hydrogen (secondary N) is 2. The van der Waals surface area contributed by atoms with Crippen LogP contribution in [-0.2, 0) is 6.54 Å². The maximum atomic E-state index is 5.39. The maximum Gasteiger partial charge on any atom is 0.171 e. The lowest BCUT2D eigenvalue weighted by Crippen LogP contribution is -2.27. The molecule has 2 N–H and O–H groups in total. The lowest BCUT2D eigenvalue weighted by atomic mass is 10.3. The normalized spacial score (nSPS) is 9.85. The Hall–Kier alpha value is -2.14.